The van der Waals surface area contributed by atoms with Crippen molar-refractivity contribution in [3.8, 4) is 0 Å². The summed E-state index contributed by atoms with van der Waals surface area (Å²) in [6.45, 7) is 0. The Morgan fingerprint density at radius 1 is 1.23 bits per heavy atom. The van der Waals surface area contributed by atoms with Crippen molar-refractivity contribution in [1.82, 2.24) is 0 Å². The second kappa shape index (κ2) is 5.74. The maximum Gasteiger partial charge on any atom is 0.346 e. The van der Waals surface area contributed by atoms with Crippen molar-refractivity contribution in [2.24, 2.45) is 5.16 Å². The molecule has 0 spiro atoms. The van der Waals surface area contributed by atoms with Gasteiger partial charge in [0.05, 0.1) is 10.6 Å². The van der Waals surface area contributed by atoms with E-state index < -0.39 is 16.2 Å². The molecule has 0 radical (unpaired) electrons. The molecule has 0 N–H and O–H groups in total. The Labute approximate surface area is 132 Å². The van der Waals surface area contributed by atoms with E-state index in [2.05, 4.69) is 5.16 Å². The molecule has 2 aromatic rings. The minimum Gasteiger partial charge on any atom is -0.268 e. The van der Waals surface area contributed by atoms with Gasteiger partial charge < -0.3 is 0 Å². The predicted molar refractivity (Wildman–Crippen MR) is 82.8 cm³/mol. The highest BCUT2D eigenvalue weighted by Gasteiger charge is 2.30. The first-order valence-electron chi connectivity index (χ1n) is 6.04. The zero-order valence-corrected chi connectivity index (χ0v) is 12.5. The maximum absolute atomic E-state index is 12.0. The van der Waals surface area contributed by atoms with Gasteiger partial charge in [-0.3, -0.25) is 14.4 Å². The molecule has 0 saturated carbocycles. The van der Waals surface area contributed by atoms with E-state index in [1.54, 1.807) is 24.3 Å². The van der Waals surface area contributed by atoms with Gasteiger partial charge in [-0.15, -0.1) is 0 Å². The fraction of sp³-hybridized carbons (Fsp3) is 0. The van der Waals surface area contributed by atoms with Crippen molar-refractivity contribution < 1.29 is 13.4 Å². The normalized spacial score (nSPS) is 17.0. The Bertz CT molecular complexity index is 794. The van der Waals surface area contributed by atoms with Gasteiger partial charge in [0.25, 0.3) is 5.69 Å². The molecule has 0 aliphatic carbocycles. The molecule has 1 atom stereocenters. The Morgan fingerprint density at radius 2 is 1.95 bits per heavy atom. The second-order valence-corrected chi connectivity index (χ2v) is 5.67. The third-order valence-corrected chi connectivity index (χ3v) is 4.03. The van der Waals surface area contributed by atoms with Crippen molar-refractivity contribution in [2.75, 3.05) is 4.31 Å². The fourth-order valence-electron chi connectivity index (χ4n) is 1.92. The van der Waals surface area contributed by atoms with Crippen molar-refractivity contribution >= 4 is 40.1 Å². The Morgan fingerprint density at radius 3 is 2.59 bits per heavy atom. The SMILES string of the molecule is O=[N+]([O-])c1ccc(C2=NOS(=O)N2c2cccc(Cl)c2)cc1. The van der Waals surface area contributed by atoms with Crippen LogP contribution in [0.3, 0.4) is 0 Å². The number of nitro benzene ring substituents is 1. The van der Waals surface area contributed by atoms with Crippen LogP contribution >= 0.6 is 11.6 Å². The van der Waals surface area contributed by atoms with Gasteiger partial charge in [0.1, 0.15) is 0 Å². The van der Waals surface area contributed by atoms with Gasteiger partial charge in [0, 0.05) is 22.7 Å². The molecule has 0 aromatic heterocycles. The Kier molecular flexibility index (Phi) is 3.78. The van der Waals surface area contributed by atoms with Gasteiger partial charge in [0.2, 0.25) is 0 Å². The topological polar surface area (TPSA) is 85.0 Å². The summed E-state index contributed by atoms with van der Waals surface area (Å²) in [4.78, 5) is 10.2. The van der Waals surface area contributed by atoms with E-state index in [4.69, 9.17) is 15.9 Å². The van der Waals surface area contributed by atoms with Gasteiger partial charge in [-0.05, 0) is 35.5 Å². The third kappa shape index (κ3) is 2.66. The molecule has 3 rings (SSSR count). The molecule has 1 unspecified atom stereocenters. The van der Waals surface area contributed by atoms with Crippen LogP contribution in [0.2, 0.25) is 5.02 Å². The van der Waals surface area contributed by atoms with Crippen LogP contribution in [0, 0.1) is 10.1 Å². The van der Waals surface area contributed by atoms with Gasteiger partial charge >= 0.3 is 11.3 Å². The molecule has 2 aromatic carbocycles. The summed E-state index contributed by atoms with van der Waals surface area (Å²) in [6, 6.07) is 12.4. The number of oxime groups is 1. The standard InChI is InChI=1S/C13H8ClN3O4S/c14-10-2-1-3-12(8-10)16-13(15-21-22(16)20)9-4-6-11(7-5-9)17(18)19/h1-8H. The first-order chi connectivity index (χ1) is 10.6. The van der Waals surface area contributed by atoms with Gasteiger partial charge in [-0.2, -0.15) is 4.21 Å². The molecule has 22 heavy (non-hydrogen) atoms. The number of non-ortho nitro benzene ring substituents is 1. The van der Waals surface area contributed by atoms with E-state index in [9.17, 15) is 14.3 Å². The van der Waals surface area contributed by atoms with Gasteiger partial charge in [0.15, 0.2) is 5.84 Å². The zero-order chi connectivity index (χ0) is 15.7. The molecule has 0 saturated heterocycles. The fourth-order valence-corrected chi connectivity index (χ4v) is 2.87. The van der Waals surface area contributed by atoms with Crippen LogP contribution in [0.5, 0.6) is 0 Å². The van der Waals surface area contributed by atoms with Crippen LogP contribution in [0.25, 0.3) is 0 Å². The molecule has 1 aliphatic heterocycles. The van der Waals surface area contributed by atoms with Crippen LogP contribution in [-0.4, -0.2) is 15.0 Å². The number of hydrogen-bond donors (Lipinski definition) is 0. The number of amidine groups is 1. The average molecular weight is 338 g/mol. The van der Waals surface area contributed by atoms with E-state index in [-0.39, 0.29) is 11.5 Å². The van der Waals surface area contributed by atoms with Crippen LogP contribution in [0.15, 0.2) is 53.7 Å². The number of hydrogen-bond acceptors (Lipinski definition) is 5. The number of nitrogens with zero attached hydrogens (tertiary/aromatic N) is 3. The van der Waals surface area contributed by atoms with Crippen molar-refractivity contribution in [3.63, 3.8) is 0 Å². The number of benzene rings is 2. The largest absolute Gasteiger partial charge is 0.346 e. The number of halogens is 1. The monoisotopic (exact) mass is 337 g/mol. The molecule has 112 valence electrons. The quantitative estimate of drug-likeness (QED) is 0.636. The van der Waals surface area contributed by atoms with Gasteiger partial charge in [-0.25, -0.2) is 4.31 Å². The molecule has 0 amide bonds. The summed E-state index contributed by atoms with van der Waals surface area (Å²) < 4.78 is 18.2. The van der Waals surface area contributed by atoms with E-state index in [0.29, 0.717) is 16.3 Å². The number of nitro groups is 1. The lowest BCUT2D eigenvalue weighted by Crippen LogP contribution is -2.28. The molecule has 0 bridgehead atoms. The van der Waals surface area contributed by atoms with Crippen molar-refractivity contribution in [3.05, 3.63) is 69.2 Å². The van der Waals surface area contributed by atoms with Crippen molar-refractivity contribution in [2.45, 2.75) is 0 Å². The highest BCUT2D eigenvalue weighted by molar-refractivity contribution is 7.83. The highest BCUT2D eigenvalue weighted by atomic mass is 35.5. The van der Waals surface area contributed by atoms with Crippen LogP contribution in [0.4, 0.5) is 11.4 Å². The predicted octanol–water partition coefficient (Wildman–Crippen LogP) is 3.03. The molecule has 9 heteroatoms. The molecular weight excluding hydrogens is 330 g/mol. The summed E-state index contributed by atoms with van der Waals surface area (Å²) in [5.74, 6) is 0.287. The lowest BCUT2D eigenvalue weighted by Gasteiger charge is -2.15. The van der Waals surface area contributed by atoms with E-state index in [0.717, 1.165) is 0 Å². The summed E-state index contributed by atoms with van der Waals surface area (Å²) in [5, 5.41) is 14.9. The van der Waals surface area contributed by atoms with Crippen LogP contribution in [0.1, 0.15) is 5.56 Å². The lowest BCUT2D eigenvalue weighted by atomic mass is 10.2. The zero-order valence-electron chi connectivity index (χ0n) is 10.9. The Balaban J connectivity index is 1.98. The summed E-state index contributed by atoms with van der Waals surface area (Å²) in [5.41, 5.74) is 1.04. The number of anilines is 1. The van der Waals surface area contributed by atoms with Gasteiger partial charge in [-0.1, -0.05) is 17.7 Å². The summed E-state index contributed by atoms with van der Waals surface area (Å²) in [6.07, 6.45) is 0. The van der Waals surface area contributed by atoms with E-state index in [1.165, 1.54) is 28.6 Å². The minimum absolute atomic E-state index is 0.0429. The first-order valence-corrected chi connectivity index (χ1v) is 7.45. The Hall–Kier alpha value is -2.45. The summed E-state index contributed by atoms with van der Waals surface area (Å²) in [7, 11) is 0. The molecule has 7 nitrogen and oxygen atoms in total. The molecular formula is C13H8ClN3O4S. The smallest absolute Gasteiger partial charge is 0.268 e. The van der Waals surface area contributed by atoms with Crippen LogP contribution < -0.4 is 4.31 Å². The van der Waals surface area contributed by atoms with Crippen molar-refractivity contribution in [1.29, 1.82) is 0 Å². The first kappa shape index (κ1) is 14.5. The lowest BCUT2D eigenvalue weighted by molar-refractivity contribution is -0.384. The highest BCUT2D eigenvalue weighted by Crippen LogP contribution is 2.27. The minimum atomic E-state index is -1.83. The van der Waals surface area contributed by atoms with Crippen LogP contribution in [-0.2, 0) is 15.6 Å². The average Bonchev–Trinajstić information content (AvgIpc) is 2.89. The second-order valence-electron chi connectivity index (χ2n) is 4.28. The maximum atomic E-state index is 12.0. The van der Waals surface area contributed by atoms with E-state index in [1.807, 2.05) is 0 Å². The summed E-state index contributed by atoms with van der Waals surface area (Å²) >= 11 is 4.11. The van der Waals surface area contributed by atoms with E-state index >= 15 is 0 Å². The molecule has 1 heterocycles. The molecule has 0 fully saturated rings. The third-order valence-electron chi connectivity index (χ3n) is 2.91. The number of rotatable bonds is 3. The molecule has 1 aliphatic rings.